The molecule has 102 valence electrons. The van der Waals surface area contributed by atoms with Crippen LogP contribution in [0.15, 0.2) is 23.2 Å². The zero-order chi connectivity index (χ0) is 14.0. The first-order valence-electron chi connectivity index (χ1n) is 6.43. The average Bonchev–Trinajstić information content (AvgIpc) is 2.59. The Bertz CT molecular complexity index is 567. The molecule has 0 radical (unpaired) electrons. The molecule has 2 rings (SSSR count). The van der Waals surface area contributed by atoms with E-state index < -0.39 is 0 Å². The number of nitrogens with zero attached hydrogens (tertiary/aromatic N) is 2. The maximum absolute atomic E-state index is 5.82. The number of hydrogen-bond donors (Lipinski definition) is 1. The van der Waals surface area contributed by atoms with E-state index >= 15 is 0 Å². The molecule has 19 heavy (non-hydrogen) atoms. The summed E-state index contributed by atoms with van der Waals surface area (Å²) >= 11 is 1.81. The average molecular weight is 275 g/mol. The molecule has 0 aliphatic rings. The number of aryl methyl sites for hydroxylation is 4. The molecule has 0 atom stereocenters. The topological polar surface area (TPSA) is 43.8 Å². The van der Waals surface area contributed by atoms with Crippen molar-refractivity contribution in [1.82, 2.24) is 9.78 Å². The third-order valence-electron chi connectivity index (χ3n) is 3.15. The van der Waals surface area contributed by atoms with Crippen LogP contribution in [-0.4, -0.2) is 9.78 Å². The van der Waals surface area contributed by atoms with Crippen LogP contribution in [0.5, 0.6) is 0 Å². The monoisotopic (exact) mass is 275 g/mol. The summed E-state index contributed by atoms with van der Waals surface area (Å²) in [5.74, 6) is 0.953. The van der Waals surface area contributed by atoms with Crippen LogP contribution in [0.3, 0.4) is 0 Å². The molecule has 0 saturated heterocycles. The van der Waals surface area contributed by atoms with E-state index in [0.29, 0.717) is 6.54 Å². The lowest BCUT2D eigenvalue weighted by molar-refractivity contribution is 0.688. The number of thioether (sulfide) groups is 1. The number of benzene rings is 1. The predicted octanol–water partition coefficient (Wildman–Crippen LogP) is 3.10. The van der Waals surface area contributed by atoms with Gasteiger partial charge >= 0.3 is 0 Å². The van der Waals surface area contributed by atoms with Crippen molar-refractivity contribution >= 4 is 11.8 Å². The molecule has 1 aromatic carbocycles. The fraction of sp³-hybridized carbons (Fsp3) is 0.400. The van der Waals surface area contributed by atoms with Crippen LogP contribution in [0.25, 0.3) is 0 Å². The Hall–Kier alpha value is -1.26. The lowest BCUT2D eigenvalue weighted by Crippen LogP contribution is -2.00. The fourth-order valence-electron chi connectivity index (χ4n) is 2.40. The van der Waals surface area contributed by atoms with E-state index in [0.717, 1.165) is 17.0 Å². The molecular formula is C15H21N3S. The van der Waals surface area contributed by atoms with Gasteiger partial charge in [0.1, 0.15) is 0 Å². The Morgan fingerprint density at radius 1 is 1.16 bits per heavy atom. The second kappa shape index (κ2) is 5.80. The molecule has 0 fully saturated rings. The summed E-state index contributed by atoms with van der Waals surface area (Å²) in [4.78, 5) is 0. The normalized spacial score (nSPS) is 11.0. The van der Waals surface area contributed by atoms with Crippen molar-refractivity contribution in [3.63, 3.8) is 0 Å². The third kappa shape index (κ3) is 3.19. The number of hydrogen-bond acceptors (Lipinski definition) is 3. The van der Waals surface area contributed by atoms with Gasteiger partial charge < -0.3 is 5.73 Å². The summed E-state index contributed by atoms with van der Waals surface area (Å²) < 4.78 is 1.94. The van der Waals surface area contributed by atoms with Gasteiger partial charge in [-0.2, -0.15) is 5.10 Å². The molecule has 4 heteroatoms. The van der Waals surface area contributed by atoms with Gasteiger partial charge in [-0.15, -0.1) is 11.8 Å². The summed E-state index contributed by atoms with van der Waals surface area (Å²) in [6, 6.07) is 6.68. The van der Waals surface area contributed by atoms with E-state index in [1.165, 1.54) is 21.7 Å². The van der Waals surface area contributed by atoms with Crippen molar-refractivity contribution in [1.29, 1.82) is 0 Å². The highest BCUT2D eigenvalue weighted by atomic mass is 32.2. The van der Waals surface area contributed by atoms with Crippen LogP contribution in [0, 0.1) is 20.8 Å². The van der Waals surface area contributed by atoms with Crippen LogP contribution in [0.2, 0.25) is 0 Å². The smallest absolute Gasteiger partial charge is 0.0987 e. The number of rotatable bonds is 4. The van der Waals surface area contributed by atoms with Crippen molar-refractivity contribution in [2.75, 3.05) is 0 Å². The molecule has 0 aliphatic heterocycles. The third-order valence-corrected chi connectivity index (χ3v) is 4.41. The highest BCUT2D eigenvalue weighted by molar-refractivity contribution is 7.98. The highest BCUT2D eigenvalue weighted by Gasteiger charge is 2.12. The van der Waals surface area contributed by atoms with E-state index in [9.17, 15) is 0 Å². The molecule has 1 aromatic heterocycles. The molecule has 1 heterocycles. The van der Waals surface area contributed by atoms with Crippen molar-refractivity contribution in [3.05, 3.63) is 46.1 Å². The van der Waals surface area contributed by atoms with Gasteiger partial charge in [0.05, 0.1) is 10.7 Å². The molecule has 0 bridgehead atoms. The highest BCUT2D eigenvalue weighted by Crippen LogP contribution is 2.28. The molecule has 0 spiro atoms. The zero-order valence-electron chi connectivity index (χ0n) is 12.0. The maximum atomic E-state index is 5.82. The molecular weight excluding hydrogens is 254 g/mol. The minimum atomic E-state index is 0.550. The van der Waals surface area contributed by atoms with E-state index in [4.69, 9.17) is 5.73 Å². The van der Waals surface area contributed by atoms with Gasteiger partial charge in [0.15, 0.2) is 0 Å². The van der Waals surface area contributed by atoms with Crippen LogP contribution < -0.4 is 5.73 Å². The van der Waals surface area contributed by atoms with E-state index in [1.807, 2.05) is 30.4 Å². The number of aromatic nitrogens is 2. The zero-order valence-corrected chi connectivity index (χ0v) is 12.8. The summed E-state index contributed by atoms with van der Waals surface area (Å²) in [5.41, 5.74) is 12.0. The Labute approximate surface area is 119 Å². The summed E-state index contributed by atoms with van der Waals surface area (Å²) in [6.07, 6.45) is 0. The van der Waals surface area contributed by atoms with Gasteiger partial charge in [-0.3, -0.25) is 4.68 Å². The standard InChI is InChI=1S/C15H21N3S/c1-10-5-11(2)7-13(6-10)9-19-15-14(8-16)12(3)17-18(15)4/h5-7H,8-9,16H2,1-4H3. The Balaban J connectivity index is 2.18. The van der Waals surface area contributed by atoms with E-state index in [2.05, 4.69) is 37.1 Å². The lowest BCUT2D eigenvalue weighted by Gasteiger charge is -2.07. The Kier molecular flexibility index (Phi) is 4.32. The van der Waals surface area contributed by atoms with Crippen molar-refractivity contribution in [3.8, 4) is 0 Å². The van der Waals surface area contributed by atoms with E-state index in [-0.39, 0.29) is 0 Å². The van der Waals surface area contributed by atoms with Crippen LogP contribution in [0.1, 0.15) is 27.9 Å². The van der Waals surface area contributed by atoms with Crippen LogP contribution in [-0.2, 0) is 19.3 Å². The van der Waals surface area contributed by atoms with Gasteiger partial charge in [-0.05, 0) is 26.3 Å². The lowest BCUT2D eigenvalue weighted by atomic mass is 10.1. The number of nitrogens with two attached hydrogens (primary N) is 1. The summed E-state index contributed by atoms with van der Waals surface area (Å²) in [6.45, 7) is 6.85. The first kappa shape index (κ1) is 14.2. The maximum Gasteiger partial charge on any atom is 0.0987 e. The molecule has 0 aliphatic carbocycles. The molecule has 2 aromatic rings. The largest absolute Gasteiger partial charge is 0.326 e. The van der Waals surface area contributed by atoms with E-state index in [1.54, 1.807) is 0 Å². The first-order valence-corrected chi connectivity index (χ1v) is 7.42. The molecule has 0 unspecified atom stereocenters. The quantitative estimate of drug-likeness (QED) is 0.872. The predicted molar refractivity (Wildman–Crippen MR) is 81.3 cm³/mol. The molecule has 0 saturated carbocycles. The summed E-state index contributed by atoms with van der Waals surface area (Å²) in [5, 5.41) is 5.62. The fourth-order valence-corrected chi connectivity index (χ4v) is 3.50. The van der Waals surface area contributed by atoms with Crippen LogP contribution >= 0.6 is 11.8 Å². The second-order valence-corrected chi connectivity index (χ2v) is 5.95. The minimum absolute atomic E-state index is 0.550. The Morgan fingerprint density at radius 2 is 1.79 bits per heavy atom. The Morgan fingerprint density at radius 3 is 2.37 bits per heavy atom. The molecule has 3 nitrogen and oxygen atoms in total. The van der Waals surface area contributed by atoms with Gasteiger partial charge in [-0.1, -0.05) is 29.3 Å². The summed E-state index contributed by atoms with van der Waals surface area (Å²) in [7, 11) is 1.98. The first-order chi connectivity index (χ1) is 9.01. The van der Waals surface area contributed by atoms with Crippen molar-refractivity contribution in [2.24, 2.45) is 12.8 Å². The van der Waals surface area contributed by atoms with Gasteiger partial charge in [0, 0.05) is 24.9 Å². The molecule has 2 N–H and O–H groups in total. The van der Waals surface area contributed by atoms with Gasteiger partial charge in [-0.25, -0.2) is 0 Å². The van der Waals surface area contributed by atoms with Gasteiger partial charge in [0.25, 0.3) is 0 Å². The van der Waals surface area contributed by atoms with Crippen molar-refractivity contribution < 1.29 is 0 Å². The van der Waals surface area contributed by atoms with Gasteiger partial charge in [0.2, 0.25) is 0 Å². The minimum Gasteiger partial charge on any atom is -0.326 e. The molecule has 0 amide bonds. The van der Waals surface area contributed by atoms with Crippen LogP contribution in [0.4, 0.5) is 0 Å². The van der Waals surface area contributed by atoms with Crippen molar-refractivity contribution in [2.45, 2.75) is 38.1 Å². The second-order valence-electron chi connectivity index (χ2n) is 4.98. The SMILES string of the molecule is Cc1cc(C)cc(CSc2c(CN)c(C)nn2C)c1.